The lowest BCUT2D eigenvalue weighted by Gasteiger charge is -2.15. The van der Waals surface area contributed by atoms with E-state index in [0.29, 0.717) is 23.2 Å². The average Bonchev–Trinajstić information content (AvgIpc) is 2.70. The molecule has 1 atom stereocenters. The van der Waals surface area contributed by atoms with Gasteiger partial charge in [-0.1, -0.05) is 31.5 Å². The third-order valence-electron chi connectivity index (χ3n) is 4.39. The molecule has 4 rings (SSSR count). The number of nitrogens with zero attached hydrogens (tertiary/aromatic N) is 4. The van der Waals surface area contributed by atoms with Gasteiger partial charge in [-0.05, 0) is 30.9 Å². The maximum atomic E-state index is 8.78. The largest absolute Gasteiger partial charge is 0.391 e. The van der Waals surface area contributed by atoms with E-state index in [2.05, 4.69) is 33.8 Å². The molecule has 1 aliphatic heterocycles. The number of aromatic nitrogens is 4. The Hall–Kier alpha value is -2.35. The summed E-state index contributed by atoms with van der Waals surface area (Å²) in [5.74, 6) is 0.500. The van der Waals surface area contributed by atoms with E-state index < -0.39 is 0 Å². The van der Waals surface area contributed by atoms with Crippen LogP contribution in [0.2, 0.25) is 5.02 Å². The van der Waals surface area contributed by atoms with Crippen molar-refractivity contribution in [2.24, 2.45) is 0 Å². The van der Waals surface area contributed by atoms with E-state index in [9.17, 15) is 0 Å². The molecule has 0 aliphatic carbocycles. The molecule has 148 valence electrons. The summed E-state index contributed by atoms with van der Waals surface area (Å²) in [5.41, 5.74) is 9.04. The Balaban J connectivity index is 0.000000271. The van der Waals surface area contributed by atoms with Crippen LogP contribution < -0.4 is 5.73 Å². The third-order valence-corrected chi connectivity index (χ3v) is 4.66. The number of rotatable bonds is 2. The third kappa shape index (κ3) is 4.92. The van der Waals surface area contributed by atoms with Gasteiger partial charge in [-0.25, -0.2) is 19.9 Å². The van der Waals surface area contributed by atoms with E-state index in [4.69, 9.17) is 27.2 Å². The van der Waals surface area contributed by atoms with Crippen LogP contribution in [0.4, 0.5) is 5.95 Å². The highest BCUT2D eigenvalue weighted by molar-refractivity contribution is 6.33. The highest BCUT2D eigenvalue weighted by Crippen LogP contribution is 2.30. The van der Waals surface area contributed by atoms with E-state index in [1.807, 2.05) is 18.2 Å². The summed E-state index contributed by atoms with van der Waals surface area (Å²) < 4.78 is 4.93. The van der Waals surface area contributed by atoms with Crippen molar-refractivity contribution in [2.45, 2.75) is 38.7 Å². The first kappa shape index (κ1) is 20.4. The maximum Gasteiger partial charge on any atom is 0.220 e. The van der Waals surface area contributed by atoms with E-state index in [0.717, 1.165) is 41.6 Å². The number of nitrogens with two attached hydrogens (primary N) is 1. The zero-order valence-electron chi connectivity index (χ0n) is 16.0. The minimum absolute atomic E-state index is 0.186. The van der Waals surface area contributed by atoms with Crippen molar-refractivity contribution in [3.8, 4) is 11.3 Å². The fourth-order valence-corrected chi connectivity index (χ4v) is 3.19. The van der Waals surface area contributed by atoms with Crippen LogP contribution in [0.15, 0.2) is 30.7 Å². The lowest BCUT2D eigenvalue weighted by molar-refractivity contribution is -0.00535. The number of aliphatic hydroxyl groups excluding tert-OH is 1. The summed E-state index contributed by atoms with van der Waals surface area (Å²) in [7, 11) is 0. The predicted octanol–water partition coefficient (Wildman–Crippen LogP) is 3.60. The number of nitrogen functional groups attached to an aromatic ring is 1. The molecule has 3 aromatic rings. The molecule has 1 unspecified atom stereocenters. The van der Waals surface area contributed by atoms with Crippen molar-refractivity contribution in [2.75, 3.05) is 18.9 Å². The standard InChI is InChI=1S/C15H14ClN5.C5H10O2/c1-8(2)13-10-5-9(3-4-12(10)19-7-20-13)14-11(16)6-18-15(17)21-14;6-5-2-1-3-7-4-5/h3-8H,1-2H3,(H2,17,18,21);5-6H,1-4H2. The Morgan fingerprint density at radius 3 is 2.71 bits per heavy atom. The average molecular weight is 402 g/mol. The lowest BCUT2D eigenvalue weighted by atomic mass is 10.0. The van der Waals surface area contributed by atoms with Crippen LogP contribution in [0.5, 0.6) is 0 Å². The van der Waals surface area contributed by atoms with Gasteiger partial charge in [0.05, 0.1) is 40.8 Å². The highest BCUT2D eigenvalue weighted by Gasteiger charge is 2.12. The topological polar surface area (TPSA) is 107 Å². The second kappa shape index (κ2) is 9.23. The molecule has 3 heterocycles. The van der Waals surface area contributed by atoms with Crippen LogP contribution in [-0.2, 0) is 4.74 Å². The summed E-state index contributed by atoms with van der Waals surface area (Å²) >= 11 is 6.17. The van der Waals surface area contributed by atoms with Gasteiger partial charge in [0.25, 0.3) is 0 Å². The van der Waals surface area contributed by atoms with Gasteiger partial charge in [-0.15, -0.1) is 0 Å². The Morgan fingerprint density at radius 2 is 2.07 bits per heavy atom. The summed E-state index contributed by atoms with van der Waals surface area (Å²) in [6.45, 7) is 5.57. The van der Waals surface area contributed by atoms with Crippen molar-refractivity contribution in [1.29, 1.82) is 0 Å². The quantitative estimate of drug-likeness (QED) is 0.675. The Bertz CT molecular complexity index is 945. The SMILES string of the molecule is CC(C)c1ncnc2ccc(-c3nc(N)ncc3Cl)cc12.OC1CCCOC1. The Labute approximate surface area is 169 Å². The smallest absolute Gasteiger partial charge is 0.220 e. The van der Waals surface area contributed by atoms with E-state index in [-0.39, 0.29) is 12.1 Å². The zero-order valence-corrected chi connectivity index (χ0v) is 16.7. The molecule has 1 saturated heterocycles. The van der Waals surface area contributed by atoms with Gasteiger partial charge in [-0.3, -0.25) is 0 Å². The monoisotopic (exact) mass is 401 g/mol. The van der Waals surface area contributed by atoms with Gasteiger partial charge in [0.1, 0.15) is 6.33 Å². The van der Waals surface area contributed by atoms with E-state index in [1.54, 1.807) is 6.33 Å². The van der Waals surface area contributed by atoms with Crippen LogP contribution in [-0.4, -0.2) is 44.4 Å². The lowest BCUT2D eigenvalue weighted by Crippen LogP contribution is -2.21. The number of benzene rings is 1. The number of aliphatic hydroxyl groups is 1. The summed E-state index contributed by atoms with van der Waals surface area (Å²) in [5, 5.41) is 10.2. The van der Waals surface area contributed by atoms with Crippen LogP contribution >= 0.6 is 11.6 Å². The molecule has 0 spiro atoms. The second-order valence-corrected chi connectivity index (χ2v) is 7.35. The maximum absolute atomic E-state index is 8.78. The molecule has 0 radical (unpaired) electrons. The number of halogens is 1. The van der Waals surface area contributed by atoms with Gasteiger partial charge in [0.15, 0.2) is 0 Å². The molecule has 8 heteroatoms. The number of hydrogen-bond acceptors (Lipinski definition) is 7. The second-order valence-electron chi connectivity index (χ2n) is 6.94. The fourth-order valence-electron chi connectivity index (χ4n) is 2.99. The van der Waals surface area contributed by atoms with Crippen molar-refractivity contribution >= 4 is 28.5 Å². The fraction of sp³-hybridized carbons (Fsp3) is 0.400. The van der Waals surface area contributed by atoms with Crippen LogP contribution in [0.25, 0.3) is 22.2 Å². The molecule has 3 N–H and O–H groups in total. The van der Waals surface area contributed by atoms with Crippen molar-refractivity contribution < 1.29 is 9.84 Å². The Morgan fingerprint density at radius 1 is 1.25 bits per heavy atom. The minimum atomic E-state index is -0.186. The molecule has 7 nitrogen and oxygen atoms in total. The number of hydrogen-bond donors (Lipinski definition) is 2. The molecule has 2 aromatic heterocycles. The van der Waals surface area contributed by atoms with Crippen molar-refractivity contribution in [3.63, 3.8) is 0 Å². The molecular weight excluding hydrogens is 378 g/mol. The molecule has 1 aromatic carbocycles. The molecular formula is C20H24ClN5O2. The predicted molar refractivity (Wildman–Crippen MR) is 110 cm³/mol. The van der Waals surface area contributed by atoms with Crippen LogP contribution in [0.1, 0.15) is 38.3 Å². The molecule has 28 heavy (non-hydrogen) atoms. The number of anilines is 1. The van der Waals surface area contributed by atoms with E-state index in [1.165, 1.54) is 6.20 Å². The van der Waals surface area contributed by atoms with Gasteiger partial charge in [0.2, 0.25) is 5.95 Å². The van der Waals surface area contributed by atoms with Crippen LogP contribution in [0.3, 0.4) is 0 Å². The molecule has 1 aliphatic rings. The molecule has 0 saturated carbocycles. The molecule has 0 bridgehead atoms. The van der Waals surface area contributed by atoms with Crippen LogP contribution in [0, 0.1) is 0 Å². The summed E-state index contributed by atoms with van der Waals surface area (Å²) in [6.07, 6.45) is 4.84. The first-order chi connectivity index (χ1) is 13.5. The molecule has 0 amide bonds. The number of fused-ring (bicyclic) bond motifs is 1. The normalized spacial score (nSPS) is 16.7. The zero-order chi connectivity index (χ0) is 20.1. The van der Waals surface area contributed by atoms with Crippen molar-refractivity contribution in [1.82, 2.24) is 19.9 Å². The van der Waals surface area contributed by atoms with E-state index >= 15 is 0 Å². The van der Waals surface area contributed by atoms with Crippen molar-refractivity contribution in [3.05, 3.63) is 41.4 Å². The highest BCUT2D eigenvalue weighted by atomic mass is 35.5. The summed E-state index contributed by atoms with van der Waals surface area (Å²) in [4.78, 5) is 16.8. The van der Waals surface area contributed by atoms with Gasteiger partial charge < -0.3 is 15.6 Å². The summed E-state index contributed by atoms with van der Waals surface area (Å²) in [6, 6.07) is 5.86. The van der Waals surface area contributed by atoms with Gasteiger partial charge in [0, 0.05) is 17.6 Å². The molecule has 1 fully saturated rings. The Kier molecular flexibility index (Phi) is 6.72. The minimum Gasteiger partial charge on any atom is -0.391 e. The first-order valence-corrected chi connectivity index (χ1v) is 9.62. The first-order valence-electron chi connectivity index (χ1n) is 9.24. The van der Waals surface area contributed by atoms with Gasteiger partial charge in [-0.2, -0.15) is 0 Å². The number of ether oxygens (including phenoxy) is 1. The van der Waals surface area contributed by atoms with Gasteiger partial charge >= 0.3 is 0 Å².